The minimum atomic E-state index is -0.673. The van der Waals surface area contributed by atoms with E-state index in [0.29, 0.717) is 39.9 Å². The lowest BCUT2D eigenvalue weighted by molar-refractivity contribution is -0.135. The number of Topliss-reactive ketones (excluding diaryl/α,β-unsaturated/α-hetero) is 1. The molecular formula is C31H31NO10. The topological polar surface area (TPSA) is 119 Å². The number of nitrogens with zero attached hydrogens (tertiary/aromatic N) is 1. The minimum Gasteiger partial charge on any atom is -0.493 e. The Morgan fingerprint density at radius 3 is 1.50 bits per heavy atom. The van der Waals surface area contributed by atoms with Gasteiger partial charge in [-0.1, -0.05) is 6.07 Å². The van der Waals surface area contributed by atoms with Crippen LogP contribution in [-0.4, -0.2) is 78.8 Å². The molecule has 0 N–H and O–H groups in total. The fourth-order valence-electron chi connectivity index (χ4n) is 4.72. The number of imide groups is 1. The molecule has 1 heterocycles. The number of carbonyl (C=O) groups is 3. The van der Waals surface area contributed by atoms with Crippen molar-refractivity contribution >= 4 is 28.7 Å². The number of benzene rings is 3. The molecule has 42 heavy (non-hydrogen) atoms. The SMILES string of the molecule is COc1ccc(C(=O)CN2C(=O)C(c3ccc(OC)c(OC)c3)=C(c3cc(OC)c(OC)c(OC)c3)C2=O)cc1OC. The lowest BCUT2D eigenvalue weighted by Crippen LogP contribution is -2.36. The number of ketones is 1. The zero-order chi connectivity index (χ0) is 30.6. The maximum Gasteiger partial charge on any atom is 0.262 e. The second kappa shape index (κ2) is 12.5. The van der Waals surface area contributed by atoms with Crippen LogP contribution in [0.1, 0.15) is 21.5 Å². The van der Waals surface area contributed by atoms with Crippen molar-refractivity contribution in [3.8, 4) is 40.2 Å². The molecule has 2 amide bonds. The van der Waals surface area contributed by atoms with Crippen molar-refractivity contribution in [1.82, 2.24) is 4.90 Å². The Bertz CT molecular complexity index is 1550. The summed E-state index contributed by atoms with van der Waals surface area (Å²) in [5, 5.41) is 0. The van der Waals surface area contributed by atoms with E-state index in [1.807, 2.05) is 0 Å². The molecule has 11 heteroatoms. The number of carbonyl (C=O) groups excluding carboxylic acids is 3. The fraction of sp³-hybridized carbons (Fsp3) is 0.258. The van der Waals surface area contributed by atoms with Gasteiger partial charge in [0.1, 0.15) is 0 Å². The number of hydrogen-bond acceptors (Lipinski definition) is 10. The highest BCUT2D eigenvalue weighted by atomic mass is 16.5. The Morgan fingerprint density at radius 2 is 1.00 bits per heavy atom. The first-order valence-electron chi connectivity index (χ1n) is 12.6. The molecule has 0 saturated carbocycles. The van der Waals surface area contributed by atoms with Crippen LogP contribution in [0.25, 0.3) is 11.1 Å². The van der Waals surface area contributed by atoms with E-state index in [2.05, 4.69) is 0 Å². The second-order valence-electron chi connectivity index (χ2n) is 8.92. The van der Waals surface area contributed by atoms with Crippen molar-refractivity contribution in [3.05, 3.63) is 65.2 Å². The first-order valence-corrected chi connectivity index (χ1v) is 12.6. The molecule has 3 aromatic carbocycles. The third-order valence-corrected chi connectivity index (χ3v) is 6.80. The van der Waals surface area contributed by atoms with Crippen LogP contribution in [-0.2, 0) is 9.59 Å². The summed E-state index contributed by atoms with van der Waals surface area (Å²) in [5.41, 5.74) is 1.06. The monoisotopic (exact) mass is 577 g/mol. The van der Waals surface area contributed by atoms with E-state index in [0.717, 1.165) is 4.90 Å². The lowest BCUT2D eigenvalue weighted by Gasteiger charge is -2.16. The van der Waals surface area contributed by atoms with Gasteiger partial charge in [0.2, 0.25) is 5.75 Å². The molecular weight excluding hydrogens is 546 g/mol. The van der Waals surface area contributed by atoms with E-state index in [4.69, 9.17) is 33.2 Å². The molecule has 0 aromatic heterocycles. The standard InChI is InChI=1S/C31H31NO10/c1-36-21-10-8-17(12-23(21)38-3)20(33)16-32-30(34)27(18-9-11-22(37-2)24(13-18)39-4)28(31(32)35)19-14-25(40-5)29(42-7)26(15-19)41-6/h8-15H,16H2,1-7H3. The van der Waals surface area contributed by atoms with Crippen molar-refractivity contribution < 1.29 is 47.5 Å². The van der Waals surface area contributed by atoms with Gasteiger partial charge >= 0.3 is 0 Å². The fourth-order valence-corrected chi connectivity index (χ4v) is 4.72. The number of rotatable bonds is 12. The van der Waals surface area contributed by atoms with Crippen molar-refractivity contribution in [2.45, 2.75) is 0 Å². The third kappa shape index (κ3) is 5.28. The highest BCUT2D eigenvalue weighted by Gasteiger charge is 2.41. The zero-order valence-electron chi connectivity index (χ0n) is 24.4. The van der Waals surface area contributed by atoms with Gasteiger partial charge in [-0.25, -0.2) is 0 Å². The van der Waals surface area contributed by atoms with Crippen molar-refractivity contribution in [3.63, 3.8) is 0 Å². The highest BCUT2D eigenvalue weighted by molar-refractivity contribution is 6.49. The molecule has 0 unspecified atom stereocenters. The molecule has 0 spiro atoms. The Hall–Kier alpha value is -5.19. The molecule has 1 aliphatic heterocycles. The maximum atomic E-state index is 14.0. The van der Waals surface area contributed by atoms with E-state index < -0.39 is 24.1 Å². The van der Waals surface area contributed by atoms with Crippen LogP contribution >= 0.6 is 0 Å². The van der Waals surface area contributed by atoms with Crippen molar-refractivity contribution in [2.75, 3.05) is 56.3 Å². The van der Waals surface area contributed by atoms with E-state index in [-0.39, 0.29) is 28.2 Å². The quantitative estimate of drug-likeness (QED) is 0.232. The van der Waals surface area contributed by atoms with Gasteiger partial charge in [-0.15, -0.1) is 0 Å². The molecule has 0 saturated heterocycles. The molecule has 1 aliphatic rings. The average molecular weight is 578 g/mol. The predicted octanol–water partition coefficient (Wildman–Crippen LogP) is 3.91. The highest BCUT2D eigenvalue weighted by Crippen LogP contribution is 2.44. The molecule has 11 nitrogen and oxygen atoms in total. The minimum absolute atomic E-state index is 0.0478. The van der Waals surface area contributed by atoms with E-state index in [9.17, 15) is 14.4 Å². The zero-order valence-corrected chi connectivity index (χ0v) is 24.4. The summed E-state index contributed by atoms with van der Waals surface area (Å²) >= 11 is 0. The largest absolute Gasteiger partial charge is 0.493 e. The van der Waals surface area contributed by atoms with E-state index in [1.54, 1.807) is 36.4 Å². The lowest BCUT2D eigenvalue weighted by atomic mass is 9.95. The Balaban J connectivity index is 1.86. The van der Waals surface area contributed by atoms with Crippen LogP contribution < -0.4 is 33.2 Å². The number of hydrogen-bond donors (Lipinski definition) is 0. The summed E-state index contributed by atoms with van der Waals surface area (Å²) in [6, 6.07) is 12.6. The molecule has 3 aromatic rings. The van der Waals surface area contributed by atoms with Gasteiger partial charge in [-0.3, -0.25) is 19.3 Å². The van der Waals surface area contributed by atoms with Crippen LogP contribution in [0.4, 0.5) is 0 Å². The van der Waals surface area contributed by atoms with Crippen LogP contribution in [0.2, 0.25) is 0 Å². The Labute approximate surface area is 243 Å². The molecule has 4 rings (SSSR count). The smallest absolute Gasteiger partial charge is 0.262 e. The van der Waals surface area contributed by atoms with Gasteiger partial charge in [-0.2, -0.15) is 0 Å². The maximum absolute atomic E-state index is 14.0. The van der Waals surface area contributed by atoms with Gasteiger partial charge in [0, 0.05) is 5.56 Å². The summed E-state index contributed by atoms with van der Waals surface area (Å²) < 4.78 is 37.7. The van der Waals surface area contributed by atoms with Gasteiger partial charge in [0.15, 0.2) is 40.3 Å². The van der Waals surface area contributed by atoms with Gasteiger partial charge in [-0.05, 0) is 53.6 Å². The van der Waals surface area contributed by atoms with Gasteiger partial charge in [0.25, 0.3) is 11.8 Å². The molecule has 0 bridgehead atoms. The first-order chi connectivity index (χ1) is 20.3. The average Bonchev–Trinajstić information content (AvgIpc) is 3.27. The summed E-state index contributed by atoms with van der Waals surface area (Å²) in [7, 11) is 10.2. The summed E-state index contributed by atoms with van der Waals surface area (Å²) in [5.74, 6) is 0.633. The number of ether oxygens (including phenoxy) is 7. The molecule has 0 fully saturated rings. The molecule has 220 valence electrons. The predicted molar refractivity (Wildman–Crippen MR) is 153 cm³/mol. The Kier molecular flexibility index (Phi) is 8.90. The van der Waals surface area contributed by atoms with Gasteiger partial charge in [0.05, 0.1) is 67.5 Å². The Morgan fingerprint density at radius 1 is 0.548 bits per heavy atom. The van der Waals surface area contributed by atoms with Crippen molar-refractivity contribution in [2.24, 2.45) is 0 Å². The van der Waals surface area contributed by atoms with E-state index >= 15 is 0 Å². The van der Waals surface area contributed by atoms with Gasteiger partial charge < -0.3 is 33.2 Å². The van der Waals surface area contributed by atoms with Crippen LogP contribution in [0.15, 0.2) is 48.5 Å². The molecule has 0 aliphatic carbocycles. The summed E-state index contributed by atoms with van der Waals surface area (Å²) in [6.07, 6.45) is 0. The second-order valence-corrected chi connectivity index (χ2v) is 8.92. The van der Waals surface area contributed by atoms with Crippen LogP contribution in [0, 0.1) is 0 Å². The number of amides is 2. The molecule has 0 atom stereocenters. The first kappa shape index (κ1) is 29.8. The van der Waals surface area contributed by atoms with Crippen LogP contribution in [0.5, 0.6) is 40.2 Å². The van der Waals surface area contributed by atoms with Crippen molar-refractivity contribution in [1.29, 1.82) is 0 Å². The molecule has 0 radical (unpaired) electrons. The number of methoxy groups -OCH3 is 7. The van der Waals surface area contributed by atoms with E-state index in [1.165, 1.54) is 61.9 Å². The third-order valence-electron chi connectivity index (χ3n) is 6.80. The van der Waals surface area contributed by atoms with Crippen LogP contribution in [0.3, 0.4) is 0 Å². The summed E-state index contributed by atoms with van der Waals surface area (Å²) in [6.45, 7) is -0.516. The normalized spacial score (nSPS) is 12.8. The summed E-state index contributed by atoms with van der Waals surface area (Å²) in [4.78, 5) is 42.2.